The van der Waals surface area contributed by atoms with E-state index >= 15 is 0 Å². The average molecular weight is 257 g/mol. The summed E-state index contributed by atoms with van der Waals surface area (Å²) >= 11 is 5.98. The van der Waals surface area contributed by atoms with Gasteiger partial charge in [0.25, 0.3) is 0 Å². The molecular weight excluding hydrogens is 244 g/mol. The lowest BCUT2D eigenvalue weighted by Crippen LogP contribution is -2.16. The van der Waals surface area contributed by atoms with Gasteiger partial charge in [-0.3, -0.25) is 4.79 Å². The van der Waals surface area contributed by atoms with Crippen LogP contribution in [0.15, 0.2) is 48.5 Å². The number of hydrogen-bond donors (Lipinski definition) is 0. The molecule has 0 amide bonds. The molecule has 0 radical (unpaired) electrons. The van der Waals surface area contributed by atoms with E-state index in [2.05, 4.69) is 12.1 Å². The summed E-state index contributed by atoms with van der Waals surface area (Å²) in [5, 5.41) is 0.635. The fourth-order valence-corrected chi connectivity index (χ4v) is 2.84. The molecule has 2 aromatic rings. The van der Waals surface area contributed by atoms with Crippen molar-refractivity contribution in [1.82, 2.24) is 0 Å². The normalized spacial score (nSPS) is 18.5. The van der Waals surface area contributed by atoms with Crippen LogP contribution in [0.3, 0.4) is 0 Å². The third-order valence-electron chi connectivity index (χ3n) is 3.55. The Morgan fingerprint density at radius 3 is 2.61 bits per heavy atom. The first-order valence-corrected chi connectivity index (χ1v) is 6.51. The average Bonchev–Trinajstić information content (AvgIpc) is 2.41. The Hall–Kier alpha value is -1.60. The monoisotopic (exact) mass is 256 g/mol. The molecule has 1 aliphatic rings. The van der Waals surface area contributed by atoms with Crippen LogP contribution < -0.4 is 0 Å². The molecule has 2 aromatic carbocycles. The number of halogens is 1. The topological polar surface area (TPSA) is 17.1 Å². The molecule has 0 spiro atoms. The van der Waals surface area contributed by atoms with Gasteiger partial charge in [-0.1, -0.05) is 48.0 Å². The Balaban J connectivity index is 2.11. The van der Waals surface area contributed by atoms with Gasteiger partial charge in [0.05, 0.1) is 0 Å². The number of benzene rings is 2. The van der Waals surface area contributed by atoms with Gasteiger partial charge in [0, 0.05) is 22.9 Å². The lowest BCUT2D eigenvalue weighted by molar-refractivity contribution is 0.0969. The quantitative estimate of drug-likeness (QED) is 0.737. The lowest BCUT2D eigenvalue weighted by Gasteiger charge is -2.25. The number of carbonyl (C=O) groups is 1. The maximum absolute atomic E-state index is 12.0. The van der Waals surface area contributed by atoms with Crippen molar-refractivity contribution in [3.63, 3.8) is 0 Å². The summed E-state index contributed by atoms with van der Waals surface area (Å²) in [4.78, 5) is 12.0. The smallest absolute Gasteiger partial charge is 0.163 e. The van der Waals surface area contributed by atoms with Gasteiger partial charge in [0.15, 0.2) is 5.78 Å². The minimum atomic E-state index is 0.208. The number of ketones is 1. The van der Waals surface area contributed by atoms with Crippen LogP contribution in [0, 0.1) is 0 Å². The first-order valence-electron chi connectivity index (χ1n) is 6.13. The summed E-state index contributed by atoms with van der Waals surface area (Å²) < 4.78 is 0. The van der Waals surface area contributed by atoms with Crippen molar-refractivity contribution in [2.24, 2.45) is 0 Å². The van der Waals surface area contributed by atoms with Gasteiger partial charge in [-0.15, -0.1) is 0 Å². The van der Waals surface area contributed by atoms with Gasteiger partial charge in [-0.05, 0) is 29.7 Å². The predicted molar refractivity (Wildman–Crippen MR) is 73.3 cm³/mol. The summed E-state index contributed by atoms with van der Waals surface area (Å²) in [5.41, 5.74) is 3.18. The molecule has 0 fully saturated rings. The van der Waals surface area contributed by atoms with Gasteiger partial charge in [0.1, 0.15) is 0 Å². The Labute approximate surface area is 111 Å². The van der Waals surface area contributed by atoms with Crippen LogP contribution in [0.1, 0.15) is 40.2 Å². The molecule has 0 saturated carbocycles. The second-order valence-electron chi connectivity index (χ2n) is 4.66. The fourth-order valence-electron chi connectivity index (χ4n) is 2.67. The zero-order valence-corrected chi connectivity index (χ0v) is 10.7. The van der Waals surface area contributed by atoms with Crippen molar-refractivity contribution in [2.45, 2.75) is 18.8 Å². The van der Waals surface area contributed by atoms with E-state index < -0.39 is 0 Å². The largest absolute Gasteiger partial charge is 0.294 e. The summed E-state index contributed by atoms with van der Waals surface area (Å²) in [6, 6.07) is 16.0. The number of Topliss-reactive ketones (excluding diaryl/α,β-unsaturated/α-hetero) is 1. The molecule has 0 aromatic heterocycles. The third-order valence-corrected chi connectivity index (χ3v) is 3.79. The zero-order chi connectivity index (χ0) is 12.5. The second-order valence-corrected chi connectivity index (χ2v) is 5.09. The van der Waals surface area contributed by atoms with E-state index in [9.17, 15) is 4.79 Å². The highest BCUT2D eigenvalue weighted by molar-refractivity contribution is 6.31. The highest BCUT2D eigenvalue weighted by atomic mass is 35.5. The Morgan fingerprint density at radius 1 is 1.06 bits per heavy atom. The summed E-state index contributed by atoms with van der Waals surface area (Å²) in [5.74, 6) is 0.524. The molecular formula is C16H13ClO. The van der Waals surface area contributed by atoms with Gasteiger partial charge < -0.3 is 0 Å². The SMILES string of the molecule is O=C1CC[C@H](c2ccccc2)c2ccc(Cl)cc21. The summed E-state index contributed by atoms with van der Waals surface area (Å²) in [7, 11) is 0. The van der Waals surface area contributed by atoms with Crippen LogP contribution in [0.4, 0.5) is 0 Å². The van der Waals surface area contributed by atoms with Crippen LogP contribution in [0.2, 0.25) is 5.02 Å². The minimum absolute atomic E-state index is 0.208. The second kappa shape index (κ2) is 4.58. The third kappa shape index (κ3) is 1.95. The number of carbonyl (C=O) groups excluding carboxylic acids is 1. The summed E-state index contributed by atoms with van der Waals surface area (Å²) in [6.07, 6.45) is 1.49. The van der Waals surface area contributed by atoms with E-state index in [0.29, 0.717) is 17.4 Å². The maximum Gasteiger partial charge on any atom is 0.163 e. The highest BCUT2D eigenvalue weighted by Crippen LogP contribution is 2.37. The number of hydrogen-bond acceptors (Lipinski definition) is 1. The Bertz CT molecular complexity index is 589. The molecule has 1 atom stereocenters. The van der Waals surface area contributed by atoms with Crippen LogP contribution in [0.25, 0.3) is 0 Å². The fraction of sp³-hybridized carbons (Fsp3) is 0.188. The maximum atomic E-state index is 12.0. The standard InChI is InChI=1S/C16H13ClO/c17-12-6-7-14-13(11-4-2-1-3-5-11)8-9-16(18)15(14)10-12/h1-7,10,13H,8-9H2/t13-/m1/s1. The molecule has 3 rings (SSSR count). The van der Waals surface area contributed by atoms with E-state index in [1.165, 1.54) is 5.56 Å². The van der Waals surface area contributed by atoms with Crippen molar-refractivity contribution in [2.75, 3.05) is 0 Å². The van der Waals surface area contributed by atoms with Crippen molar-refractivity contribution >= 4 is 17.4 Å². The van der Waals surface area contributed by atoms with Crippen molar-refractivity contribution in [3.05, 3.63) is 70.2 Å². The molecule has 0 aliphatic heterocycles. The highest BCUT2D eigenvalue weighted by Gasteiger charge is 2.26. The molecule has 1 aliphatic carbocycles. The molecule has 0 unspecified atom stereocenters. The first kappa shape index (κ1) is 11.5. The van der Waals surface area contributed by atoms with Crippen LogP contribution in [-0.2, 0) is 0 Å². The van der Waals surface area contributed by atoms with Crippen molar-refractivity contribution < 1.29 is 4.79 Å². The van der Waals surface area contributed by atoms with Gasteiger partial charge >= 0.3 is 0 Å². The predicted octanol–water partition coefficient (Wildman–Crippen LogP) is 4.45. The molecule has 0 saturated heterocycles. The van der Waals surface area contributed by atoms with E-state index in [1.807, 2.05) is 30.3 Å². The van der Waals surface area contributed by atoms with Crippen molar-refractivity contribution in [1.29, 1.82) is 0 Å². The van der Waals surface area contributed by atoms with Gasteiger partial charge in [-0.2, -0.15) is 0 Å². The van der Waals surface area contributed by atoms with Crippen molar-refractivity contribution in [3.8, 4) is 0 Å². The van der Waals surface area contributed by atoms with E-state index in [4.69, 9.17) is 11.6 Å². The minimum Gasteiger partial charge on any atom is -0.294 e. The molecule has 90 valence electrons. The number of fused-ring (bicyclic) bond motifs is 1. The van der Waals surface area contributed by atoms with Crippen LogP contribution >= 0.6 is 11.6 Å². The van der Waals surface area contributed by atoms with Crippen LogP contribution in [0.5, 0.6) is 0 Å². The number of rotatable bonds is 1. The Morgan fingerprint density at radius 2 is 1.83 bits per heavy atom. The van der Waals surface area contributed by atoms with E-state index in [0.717, 1.165) is 17.5 Å². The zero-order valence-electron chi connectivity index (χ0n) is 9.90. The van der Waals surface area contributed by atoms with E-state index in [1.54, 1.807) is 6.07 Å². The first-order chi connectivity index (χ1) is 8.75. The Kier molecular flexibility index (Phi) is 2.92. The van der Waals surface area contributed by atoms with Gasteiger partial charge in [-0.25, -0.2) is 0 Å². The molecule has 2 heteroatoms. The molecule has 18 heavy (non-hydrogen) atoms. The molecule has 1 nitrogen and oxygen atoms in total. The van der Waals surface area contributed by atoms with E-state index in [-0.39, 0.29) is 5.78 Å². The summed E-state index contributed by atoms with van der Waals surface area (Å²) in [6.45, 7) is 0. The molecule has 0 bridgehead atoms. The van der Waals surface area contributed by atoms with Crippen LogP contribution in [-0.4, -0.2) is 5.78 Å². The molecule has 0 N–H and O–H groups in total. The van der Waals surface area contributed by atoms with Gasteiger partial charge in [0.2, 0.25) is 0 Å². The lowest BCUT2D eigenvalue weighted by atomic mass is 9.78. The molecule has 0 heterocycles.